The number of hydrogen-bond donors (Lipinski definition) is 2. The van der Waals surface area contributed by atoms with Gasteiger partial charge in [0.05, 0.1) is 31.2 Å². The summed E-state index contributed by atoms with van der Waals surface area (Å²) in [5.74, 6) is -0.824. The Morgan fingerprint density at radius 3 is 2.37 bits per heavy atom. The molecule has 0 saturated heterocycles. The van der Waals surface area contributed by atoms with Crippen molar-refractivity contribution in [1.29, 1.82) is 0 Å². The molecule has 0 aliphatic heterocycles. The number of rotatable bonds is 10. The number of aromatic carboxylic acids is 1. The highest BCUT2D eigenvalue weighted by atomic mass is 32.2. The van der Waals surface area contributed by atoms with Gasteiger partial charge in [-0.3, -0.25) is 4.31 Å². The second kappa shape index (κ2) is 10.7. The van der Waals surface area contributed by atoms with Gasteiger partial charge in [-0.15, -0.1) is 0 Å². The SMILES string of the molecule is CC(C)Oc1cc2c(C(=O)O)c(-c3ccc(Oc4cccc(F)c4)cc3)oc2cc1N(CCO)S(C)(=O)=O. The Morgan fingerprint density at radius 2 is 1.79 bits per heavy atom. The number of aliphatic hydroxyl groups excluding tert-OH is 1. The molecule has 0 spiro atoms. The van der Waals surface area contributed by atoms with Gasteiger partial charge in [0.15, 0.2) is 0 Å². The van der Waals surface area contributed by atoms with Crippen molar-refractivity contribution in [3.8, 4) is 28.6 Å². The Bertz CT molecular complexity index is 1580. The number of sulfonamides is 1. The number of anilines is 1. The Balaban J connectivity index is 1.83. The van der Waals surface area contributed by atoms with E-state index in [2.05, 4.69) is 0 Å². The molecule has 2 N–H and O–H groups in total. The van der Waals surface area contributed by atoms with Gasteiger partial charge < -0.3 is 24.1 Å². The van der Waals surface area contributed by atoms with E-state index in [4.69, 9.17) is 13.9 Å². The van der Waals surface area contributed by atoms with Gasteiger partial charge in [-0.1, -0.05) is 6.07 Å². The third-order valence-electron chi connectivity index (χ3n) is 5.47. The Hall–Kier alpha value is -4.09. The fourth-order valence-electron chi connectivity index (χ4n) is 3.97. The van der Waals surface area contributed by atoms with Gasteiger partial charge in [-0.05, 0) is 56.3 Å². The Morgan fingerprint density at radius 1 is 1.08 bits per heavy atom. The monoisotopic (exact) mass is 543 g/mol. The van der Waals surface area contributed by atoms with Crippen LogP contribution in [0.1, 0.15) is 24.2 Å². The molecule has 0 bridgehead atoms. The van der Waals surface area contributed by atoms with Gasteiger partial charge in [0.2, 0.25) is 10.0 Å². The summed E-state index contributed by atoms with van der Waals surface area (Å²) in [6.07, 6.45) is 0.641. The van der Waals surface area contributed by atoms with E-state index in [9.17, 15) is 27.8 Å². The van der Waals surface area contributed by atoms with Crippen molar-refractivity contribution in [3.05, 3.63) is 72.0 Å². The quantitative estimate of drug-likeness (QED) is 0.277. The lowest BCUT2D eigenvalue weighted by molar-refractivity contribution is 0.0699. The van der Waals surface area contributed by atoms with Crippen LogP contribution in [0.15, 0.2) is 65.1 Å². The normalized spacial score (nSPS) is 11.6. The molecule has 0 radical (unpaired) electrons. The first kappa shape index (κ1) is 27.0. The summed E-state index contributed by atoms with van der Waals surface area (Å²) in [5.41, 5.74) is 0.523. The molecule has 0 fully saturated rings. The summed E-state index contributed by atoms with van der Waals surface area (Å²) in [6, 6.07) is 14.8. The van der Waals surface area contributed by atoms with Crippen LogP contribution in [0.25, 0.3) is 22.3 Å². The topological polar surface area (TPSA) is 127 Å². The number of carboxylic acid groups (broad SMARTS) is 1. The first-order valence-corrected chi connectivity index (χ1v) is 13.5. The van der Waals surface area contributed by atoms with Gasteiger partial charge in [-0.25, -0.2) is 17.6 Å². The molecule has 11 heteroatoms. The molecule has 0 atom stereocenters. The summed E-state index contributed by atoms with van der Waals surface area (Å²) in [7, 11) is -3.81. The van der Waals surface area contributed by atoms with Crippen LogP contribution in [0.5, 0.6) is 17.2 Å². The minimum Gasteiger partial charge on any atom is -0.489 e. The third kappa shape index (κ3) is 5.74. The van der Waals surface area contributed by atoms with Gasteiger partial charge in [0.1, 0.15) is 40.0 Å². The van der Waals surface area contributed by atoms with E-state index in [-0.39, 0.29) is 46.4 Å². The van der Waals surface area contributed by atoms with Crippen LogP contribution >= 0.6 is 0 Å². The van der Waals surface area contributed by atoms with Crippen LogP contribution in [-0.2, 0) is 10.0 Å². The zero-order chi connectivity index (χ0) is 27.6. The number of halogens is 1. The molecule has 4 rings (SSSR count). The molecule has 3 aromatic carbocycles. The van der Waals surface area contributed by atoms with E-state index in [1.807, 2.05) is 0 Å². The molecule has 9 nitrogen and oxygen atoms in total. The van der Waals surface area contributed by atoms with Gasteiger partial charge >= 0.3 is 5.97 Å². The third-order valence-corrected chi connectivity index (χ3v) is 6.65. The lowest BCUT2D eigenvalue weighted by Crippen LogP contribution is -2.33. The van der Waals surface area contributed by atoms with E-state index < -0.39 is 28.4 Å². The van der Waals surface area contributed by atoms with Crippen molar-refractivity contribution in [2.75, 3.05) is 23.7 Å². The van der Waals surface area contributed by atoms with Crippen molar-refractivity contribution >= 4 is 32.6 Å². The van der Waals surface area contributed by atoms with E-state index in [0.717, 1.165) is 10.6 Å². The number of nitrogens with zero attached hydrogens (tertiary/aromatic N) is 1. The largest absolute Gasteiger partial charge is 0.489 e. The van der Waals surface area contributed by atoms with Crippen LogP contribution in [0.3, 0.4) is 0 Å². The number of carbonyl (C=O) groups is 1. The fraction of sp³-hybridized carbons (Fsp3) is 0.222. The van der Waals surface area contributed by atoms with Gasteiger partial charge in [-0.2, -0.15) is 0 Å². The predicted octanol–water partition coefficient (Wildman–Crippen LogP) is 5.27. The maximum Gasteiger partial charge on any atom is 0.340 e. The van der Waals surface area contributed by atoms with E-state index >= 15 is 0 Å². The standard InChI is InChI=1S/C27H26FNO8S/c1-16(2)35-24-14-21-23(15-22(24)29(11-12-30)38(3,33)34)37-26(25(21)27(31)32)17-7-9-19(10-8-17)36-20-6-4-5-18(28)13-20/h4-10,13-16,30H,11-12H2,1-3H3,(H,31,32). The Kier molecular flexibility index (Phi) is 7.61. The minimum absolute atomic E-state index is 0.0468. The van der Waals surface area contributed by atoms with Gasteiger partial charge in [0, 0.05) is 23.1 Å². The van der Waals surface area contributed by atoms with Crippen molar-refractivity contribution in [1.82, 2.24) is 0 Å². The summed E-state index contributed by atoms with van der Waals surface area (Å²) >= 11 is 0. The molecule has 4 aromatic rings. The number of aliphatic hydroxyl groups is 1. The molecule has 0 aliphatic rings. The highest BCUT2D eigenvalue weighted by molar-refractivity contribution is 7.92. The maximum absolute atomic E-state index is 13.5. The minimum atomic E-state index is -3.81. The van der Waals surface area contributed by atoms with E-state index in [1.54, 1.807) is 44.2 Å². The van der Waals surface area contributed by atoms with Crippen LogP contribution in [0.2, 0.25) is 0 Å². The van der Waals surface area contributed by atoms with E-state index in [0.29, 0.717) is 17.1 Å². The average Bonchev–Trinajstić information content (AvgIpc) is 3.20. The first-order valence-electron chi connectivity index (χ1n) is 11.6. The maximum atomic E-state index is 13.5. The second-order valence-corrected chi connectivity index (χ2v) is 10.6. The number of hydrogen-bond acceptors (Lipinski definition) is 7. The van der Waals surface area contributed by atoms with Gasteiger partial charge in [0.25, 0.3) is 0 Å². The van der Waals surface area contributed by atoms with Crippen LogP contribution in [0, 0.1) is 5.82 Å². The summed E-state index contributed by atoms with van der Waals surface area (Å²) in [6.45, 7) is 2.82. The highest BCUT2D eigenvalue weighted by Crippen LogP contribution is 2.41. The number of benzene rings is 3. The number of ether oxygens (including phenoxy) is 2. The number of carboxylic acids is 1. The first-order chi connectivity index (χ1) is 18.0. The lowest BCUT2D eigenvalue weighted by Gasteiger charge is -2.24. The van der Waals surface area contributed by atoms with Crippen LogP contribution in [-0.4, -0.2) is 50.1 Å². The van der Waals surface area contributed by atoms with Crippen molar-refractivity contribution < 1.29 is 41.7 Å². The van der Waals surface area contributed by atoms with Crippen molar-refractivity contribution in [3.63, 3.8) is 0 Å². The molecule has 0 amide bonds. The second-order valence-electron chi connectivity index (χ2n) is 8.74. The number of fused-ring (bicyclic) bond motifs is 1. The molecule has 0 saturated carbocycles. The van der Waals surface area contributed by atoms with E-state index in [1.165, 1.54) is 30.3 Å². The van der Waals surface area contributed by atoms with Crippen LogP contribution < -0.4 is 13.8 Å². The summed E-state index contributed by atoms with van der Waals surface area (Å²) in [5, 5.41) is 19.7. The zero-order valence-corrected chi connectivity index (χ0v) is 21.7. The molecule has 38 heavy (non-hydrogen) atoms. The van der Waals surface area contributed by atoms with Crippen molar-refractivity contribution in [2.45, 2.75) is 20.0 Å². The molecular formula is C27H26FNO8S. The zero-order valence-electron chi connectivity index (χ0n) is 20.8. The summed E-state index contributed by atoms with van der Waals surface area (Å²) in [4.78, 5) is 12.3. The molecule has 1 heterocycles. The smallest absolute Gasteiger partial charge is 0.340 e. The Labute approximate surface area is 218 Å². The molecule has 0 unspecified atom stereocenters. The molecule has 200 valence electrons. The van der Waals surface area contributed by atoms with Crippen molar-refractivity contribution in [2.24, 2.45) is 0 Å². The molecule has 1 aromatic heterocycles. The highest BCUT2D eigenvalue weighted by Gasteiger charge is 2.27. The van der Waals surface area contributed by atoms with Crippen LogP contribution in [0.4, 0.5) is 10.1 Å². The predicted molar refractivity (Wildman–Crippen MR) is 140 cm³/mol. The summed E-state index contributed by atoms with van der Waals surface area (Å²) < 4.78 is 56.8. The fourth-order valence-corrected chi connectivity index (χ4v) is 4.88. The molecule has 0 aliphatic carbocycles. The average molecular weight is 544 g/mol. The number of furan rings is 1. The molecular weight excluding hydrogens is 517 g/mol. The lowest BCUT2D eigenvalue weighted by atomic mass is 10.0.